The van der Waals surface area contributed by atoms with Crippen LogP contribution >= 0.6 is 0 Å². The zero-order valence-corrected chi connectivity index (χ0v) is 11.3. The molecule has 2 aromatic rings. The first-order valence-corrected chi connectivity index (χ1v) is 6.18. The largest absolute Gasteiger partial charge is 0.480 e. The SMILES string of the molecule is Cc1ccn2cc(C(=O)NCC(=O)NCC(=O)O)nc2c1. The van der Waals surface area contributed by atoms with Gasteiger partial charge in [0.1, 0.15) is 17.9 Å². The van der Waals surface area contributed by atoms with E-state index in [1.165, 1.54) is 0 Å². The van der Waals surface area contributed by atoms with Gasteiger partial charge in [0.25, 0.3) is 5.91 Å². The molecule has 3 N–H and O–H groups in total. The Hall–Kier alpha value is -2.90. The van der Waals surface area contributed by atoms with E-state index < -0.39 is 24.3 Å². The third-order valence-electron chi connectivity index (χ3n) is 2.69. The third kappa shape index (κ3) is 3.78. The molecule has 0 aliphatic rings. The standard InChI is InChI=1S/C13H14N4O4/c1-8-2-3-17-7-9(16-10(17)4-8)13(21)15-5-11(18)14-6-12(19)20/h2-4,7H,5-6H2,1H3,(H,14,18)(H,15,21)(H,19,20). The van der Waals surface area contributed by atoms with E-state index in [0.717, 1.165) is 5.56 Å². The van der Waals surface area contributed by atoms with Gasteiger partial charge in [-0.2, -0.15) is 0 Å². The molecular formula is C13H14N4O4. The second-order valence-corrected chi connectivity index (χ2v) is 4.45. The van der Waals surface area contributed by atoms with E-state index in [1.54, 1.807) is 16.8 Å². The first kappa shape index (κ1) is 14.5. The lowest BCUT2D eigenvalue weighted by Gasteiger charge is -2.03. The summed E-state index contributed by atoms with van der Waals surface area (Å²) >= 11 is 0. The lowest BCUT2D eigenvalue weighted by Crippen LogP contribution is -2.39. The van der Waals surface area contributed by atoms with Crippen LogP contribution in [0.2, 0.25) is 0 Å². The summed E-state index contributed by atoms with van der Waals surface area (Å²) in [5.41, 5.74) is 1.84. The quantitative estimate of drug-likeness (QED) is 0.692. The number of carboxylic acids is 1. The van der Waals surface area contributed by atoms with Gasteiger partial charge in [-0.1, -0.05) is 0 Å². The number of pyridine rings is 1. The molecule has 0 radical (unpaired) electrons. The smallest absolute Gasteiger partial charge is 0.322 e. The van der Waals surface area contributed by atoms with E-state index in [4.69, 9.17) is 5.11 Å². The van der Waals surface area contributed by atoms with Crippen molar-refractivity contribution in [2.45, 2.75) is 6.92 Å². The van der Waals surface area contributed by atoms with Crippen LogP contribution in [0.4, 0.5) is 0 Å². The number of aromatic nitrogens is 2. The number of hydrogen-bond donors (Lipinski definition) is 3. The number of rotatable bonds is 5. The maximum atomic E-state index is 11.9. The van der Waals surface area contributed by atoms with Gasteiger partial charge in [0.2, 0.25) is 5.91 Å². The molecule has 0 aliphatic heterocycles. The molecular weight excluding hydrogens is 276 g/mol. The Bertz CT molecular complexity index is 707. The molecule has 2 rings (SSSR count). The fourth-order valence-electron chi connectivity index (χ4n) is 1.68. The molecule has 0 unspecified atom stereocenters. The van der Waals surface area contributed by atoms with Crippen LogP contribution in [0.1, 0.15) is 16.1 Å². The highest BCUT2D eigenvalue weighted by molar-refractivity contribution is 5.95. The fourth-order valence-corrected chi connectivity index (χ4v) is 1.68. The predicted molar refractivity (Wildman–Crippen MR) is 72.9 cm³/mol. The second kappa shape index (κ2) is 6.04. The average molecular weight is 290 g/mol. The molecule has 0 saturated carbocycles. The normalized spacial score (nSPS) is 10.3. The van der Waals surface area contributed by atoms with Crippen molar-refractivity contribution in [1.82, 2.24) is 20.0 Å². The zero-order chi connectivity index (χ0) is 15.4. The molecule has 2 heterocycles. The van der Waals surface area contributed by atoms with E-state index >= 15 is 0 Å². The zero-order valence-electron chi connectivity index (χ0n) is 11.3. The van der Waals surface area contributed by atoms with Gasteiger partial charge >= 0.3 is 5.97 Å². The van der Waals surface area contributed by atoms with Gasteiger partial charge in [0.05, 0.1) is 6.54 Å². The minimum absolute atomic E-state index is 0.187. The Balaban J connectivity index is 1.96. The summed E-state index contributed by atoms with van der Waals surface area (Å²) in [6.45, 7) is 1.13. The lowest BCUT2D eigenvalue weighted by molar-refractivity contribution is -0.137. The van der Waals surface area contributed by atoms with Gasteiger partial charge in [0, 0.05) is 12.4 Å². The summed E-state index contributed by atoms with van der Waals surface area (Å²) in [5.74, 6) is -2.22. The number of fused-ring (bicyclic) bond motifs is 1. The molecule has 0 saturated heterocycles. The summed E-state index contributed by atoms with van der Waals surface area (Å²) in [6.07, 6.45) is 3.34. The Morgan fingerprint density at radius 2 is 2.05 bits per heavy atom. The van der Waals surface area contributed by atoms with Crippen LogP contribution in [-0.2, 0) is 9.59 Å². The Kier molecular flexibility index (Phi) is 4.17. The van der Waals surface area contributed by atoms with Gasteiger partial charge in [-0.3, -0.25) is 14.4 Å². The summed E-state index contributed by atoms with van der Waals surface area (Å²) in [5, 5.41) is 12.9. The first-order chi connectivity index (χ1) is 9.95. The molecule has 0 aliphatic carbocycles. The van der Waals surface area contributed by atoms with Crippen molar-refractivity contribution in [2.75, 3.05) is 13.1 Å². The number of amides is 2. The average Bonchev–Trinajstić information content (AvgIpc) is 2.85. The Morgan fingerprint density at radius 3 is 2.76 bits per heavy atom. The van der Waals surface area contributed by atoms with Crippen LogP contribution in [0.5, 0.6) is 0 Å². The monoisotopic (exact) mass is 290 g/mol. The van der Waals surface area contributed by atoms with E-state index in [-0.39, 0.29) is 12.2 Å². The minimum atomic E-state index is -1.15. The van der Waals surface area contributed by atoms with Crippen molar-refractivity contribution in [3.63, 3.8) is 0 Å². The number of nitrogens with zero attached hydrogens (tertiary/aromatic N) is 2. The molecule has 0 atom stereocenters. The fraction of sp³-hybridized carbons (Fsp3) is 0.231. The highest BCUT2D eigenvalue weighted by atomic mass is 16.4. The van der Waals surface area contributed by atoms with E-state index in [2.05, 4.69) is 15.6 Å². The van der Waals surface area contributed by atoms with Crippen molar-refractivity contribution in [3.05, 3.63) is 35.8 Å². The van der Waals surface area contributed by atoms with Crippen LogP contribution in [0.3, 0.4) is 0 Å². The van der Waals surface area contributed by atoms with E-state index in [0.29, 0.717) is 5.65 Å². The van der Waals surface area contributed by atoms with Gasteiger partial charge in [-0.05, 0) is 24.6 Å². The highest BCUT2D eigenvalue weighted by Crippen LogP contribution is 2.07. The van der Waals surface area contributed by atoms with Crippen LogP contribution in [0.15, 0.2) is 24.5 Å². The first-order valence-electron chi connectivity index (χ1n) is 6.18. The molecule has 0 aromatic carbocycles. The predicted octanol–water partition coefficient (Wildman–Crippen LogP) is -0.427. The van der Waals surface area contributed by atoms with Crippen molar-refractivity contribution in [1.29, 1.82) is 0 Å². The number of carbonyl (C=O) groups is 3. The van der Waals surface area contributed by atoms with Crippen molar-refractivity contribution >= 4 is 23.4 Å². The third-order valence-corrected chi connectivity index (χ3v) is 2.69. The molecule has 8 heteroatoms. The number of hydrogen-bond acceptors (Lipinski definition) is 4. The molecule has 21 heavy (non-hydrogen) atoms. The van der Waals surface area contributed by atoms with Crippen LogP contribution in [-0.4, -0.2) is 45.4 Å². The Morgan fingerprint density at radius 1 is 1.29 bits per heavy atom. The van der Waals surface area contributed by atoms with Crippen LogP contribution in [0, 0.1) is 6.92 Å². The number of carbonyl (C=O) groups excluding carboxylic acids is 2. The van der Waals surface area contributed by atoms with Crippen molar-refractivity contribution in [2.24, 2.45) is 0 Å². The lowest BCUT2D eigenvalue weighted by atomic mass is 10.3. The summed E-state index contributed by atoms with van der Waals surface area (Å²) in [4.78, 5) is 37.6. The summed E-state index contributed by atoms with van der Waals surface area (Å²) in [6, 6.07) is 3.71. The molecule has 2 aromatic heterocycles. The topological polar surface area (TPSA) is 113 Å². The maximum absolute atomic E-state index is 11.9. The Labute approximate surface area is 119 Å². The van der Waals surface area contributed by atoms with Gasteiger partial charge < -0.3 is 20.1 Å². The molecule has 0 bridgehead atoms. The summed E-state index contributed by atoms with van der Waals surface area (Å²) in [7, 11) is 0. The molecule has 8 nitrogen and oxygen atoms in total. The number of carboxylic acid groups (broad SMARTS) is 1. The van der Waals surface area contributed by atoms with Gasteiger partial charge in [-0.15, -0.1) is 0 Å². The minimum Gasteiger partial charge on any atom is -0.480 e. The number of aliphatic carboxylic acids is 1. The second-order valence-electron chi connectivity index (χ2n) is 4.45. The number of aryl methyl sites for hydroxylation is 1. The van der Waals surface area contributed by atoms with Crippen LogP contribution < -0.4 is 10.6 Å². The number of imidazole rings is 1. The number of nitrogens with one attached hydrogen (secondary N) is 2. The van der Waals surface area contributed by atoms with E-state index in [1.807, 2.05) is 19.1 Å². The molecule has 0 spiro atoms. The van der Waals surface area contributed by atoms with E-state index in [9.17, 15) is 14.4 Å². The van der Waals surface area contributed by atoms with Gasteiger partial charge in [0.15, 0.2) is 0 Å². The molecule has 2 amide bonds. The highest BCUT2D eigenvalue weighted by Gasteiger charge is 2.12. The van der Waals surface area contributed by atoms with Gasteiger partial charge in [-0.25, -0.2) is 4.98 Å². The maximum Gasteiger partial charge on any atom is 0.322 e. The van der Waals surface area contributed by atoms with Crippen LogP contribution in [0.25, 0.3) is 5.65 Å². The van der Waals surface area contributed by atoms with Crippen molar-refractivity contribution in [3.8, 4) is 0 Å². The molecule has 110 valence electrons. The molecule has 0 fully saturated rings. The summed E-state index contributed by atoms with van der Waals surface area (Å²) < 4.78 is 1.70. The van der Waals surface area contributed by atoms with Crippen molar-refractivity contribution < 1.29 is 19.5 Å².